The number of aliphatic hydroxyl groups is 7. The van der Waals surface area contributed by atoms with Gasteiger partial charge in [0.05, 0.1) is 72.7 Å². The maximum absolute atomic E-state index is 14.7. The number of carbonyl (C=O) groups excluding carboxylic acids is 9. The van der Waals surface area contributed by atoms with E-state index in [1.807, 2.05) is 20.8 Å². The van der Waals surface area contributed by atoms with E-state index in [4.69, 9.17) is 71.4 Å². The molecular weight excluding hydrogens is 1900 g/mol. The van der Waals surface area contributed by atoms with Crippen LogP contribution in [0.2, 0.25) is 0 Å². The molecule has 14 aliphatic rings. The van der Waals surface area contributed by atoms with Gasteiger partial charge >= 0.3 is 48.0 Å². The van der Waals surface area contributed by atoms with Gasteiger partial charge in [0.2, 0.25) is 6.29 Å². The molecule has 12 fully saturated rings. The summed E-state index contributed by atoms with van der Waals surface area (Å²) in [6.45, 7) is 35.8. The number of fused-ring (bicyclic) bond motifs is 16. The molecular formula is C111H160N6O30. The molecule has 4 aromatic carbocycles. The van der Waals surface area contributed by atoms with Crippen molar-refractivity contribution in [2.24, 2.45) is 33.5 Å². The lowest BCUT2D eigenvalue weighted by atomic mass is 9.44. The van der Waals surface area contributed by atoms with Gasteiger partial charge in [-0.25, -0.2) is 28.8 Å². The molecule has 36 nitrogen and oxygen atoms in total. The van der Waals surface area contributed by atoms with Crippen molar-refractivity contribution in [3.8, 4) is 0 Å². The molecule has 814 valence electrons. The lowest BCUT2D eigenvalue weighted by Crippen LogP contribution is -2.82. The fourth-order valence-electron chi connectivity index (χ4n) is 26.0. The summed E-state index contributed by atoms with van der Waals surface area (Å²) in [6.07, 6.45) is -13.0. The quantitative estimate of drug-likeness (QED) is 0.0143. The maximum atomic E-state index is 14.7. The largest absolute Gasteiger partial charge is 0.456 e. The molecule has 8 aliphatic heterocycles. The number of rotatable bonds is 23. The Morgan fingerprint density at radius 1 is 0.517 bits per heavy atom. The second-order valence-corrected chi connectivity index (χ2v) is 45.0. The van der Waals surface area contributed by atoms with Crippen LogP contribution >= 0.6 is 0 Å². The van der Waals surface area contributed by atoms with Gasteiger partial charge in [-0.15, -0.1) is 0 Å². The molecule has 147 heavy (non-hydrogen) atoms. The number of hydrogen-bond donors (Lipinski definition) is 10. The number of nitrogens with zero attached hydrogens (tertiary/aromatic N) is 3. The second-order valence-electron chi connectivity index (χ2n) is 45.0. The van der Waals surface area contributed by atoms with Crippen molar-refractivity contribution >= 4 is 54.3 Å². The van der Waals surface area contributed by atoms with E-state index in [-0.39, 0.29) is 65.9 Å². The highest BCUT2D eigenvalue weighted by molar-refractivity contribution is 5.90. The van der Waals surface area contributed by atoms with Gasteiger partial charge in [0.25, 0.3) is 0 Å². The summed E-state index contributed by atoms with van der Waals surface area (Å²) in [7, 11) is 1.00. The van der Waals surface area contributed by atoms with Crippen LogP contribution in [-0.2, 0) is 90.3 Å². The van der Waals surface area contributed by atoms with Gasteiger partial charge in [0, 0.05) is 101 Å². The molecule has 0 aromatic heterocycles. The molecule has 4 bridgehead atoms. The van der Waals surface area contributed by atoms with Gasteiger partial charge in [0.15, 0.2) is 36.0 Å². The molecule has 10 N–H and O–H groups in total. The SMILES string of the molecule is C.C.C1CN[C@H](CN2CCCC2)C1.CC(=O)O[C@@]12COC1C[C@H](O)[C@@]1(C)[C@@H]3OC(C=O)O[C@@H]3C3=C(C)[C@@H](OC(=O)[C@H](O)[C@@H](NC(=O)OC(C)(C)C)c4ccccc4)C[C@@](O)([C@@H](OC(=O)c4ccccc4)[C@@H]12)C3(C)C.CC(=O)O[C@@]12COC1C[C@H](O)[C@@]1(C)[C@@H]3OC(CN4CCC[C@H]4CN4CCCC4)O[C@@H]3C3=C(C)[C@@H](OC(=O)[C@H](O)[C@@H](NC(=O)OC(C)(C)C)c4ccccc4)C[C@@](O)([C@@H](OC(=O)c4ccccc4)[C@@H]12)C3(C)C.CO.[HH]. The van der Waals surface area contributed by atoms with Crippen LogP contribution in [0.1, 0.15) is 248 Å². The van der Waals surface area contributed by atoms with Crippen molar-refractivity contribution in [2.75, 3.05) is 79.2 Å². The predicted molar refractivity (Wildman–Crippen MR) is 539 cm³/mol. The molecule has 36 heteroatoms. The number of esters is 6. The molecule has 4 saturated carbocycles. The first-order chi connectivity index (χ1) is 68.6. The molecule has 0 radical (unpaired) electrons. The summed E-state index contributed by atoms with van der Waals surface area (Å²) in [6, 6.07) is 31.5. The van der Waals surface area contributed by atoms with Crippen LogP contribution in [0.25, 0.3) is 0 Å². The summed E-state index contributed by atoms with van der Waals surface area (Å²) in [5, 5.41) is 92.3. The lowest BCUT2D eigenvalue weighted by molar-refractivity contribution is -0.362. The number of nitrogens with one attached hydrogen (secondary N) is 3. The van der Waals surface area contributed by atoms with E-state index in [0.29, 0.717) is 46.3 Å². The number of alkyl carbamates (subject to hydrolysis) is 2. The number of aliphatic hydroxyl groups excluding tert-OH is 5. The zero-order valence-corrected chi connectivity index (χ0v) is 86.5. The Bertz CT molecular complexity index is 5310. The average molecular weight is 2060 g/mol. The fourth-order valence-corrected chi connectivity index (χ4v) is 26.0. The standard InChI is InChI=1S/C54H73N3O14.C45H55NO15.C9H18N2.CH4O.2CH4.H2/c1-31-36(66-48(62)42(60)41(33-18-11-9-12-19-33)55-49(63)71-50(3,4)5)27-54(64)46(69-47(61)34-20-13-10-14-21-34)44-52(8,37(59)26-38-53(44,30-65-38)70-32(2)58)45-43(40(31)51(54,6)7)67-39(68-45)29-57-25-17-22-35(57)28-56-23-15-16-24-56;1-23-27(56-39(52)33(50)32(25-15-11-9-12-16-25)46-40(53)61-41(3,4)5)20-45(54)37(59-38(51)26-17-13-10-14-18-26)35-43(8,28(49)19-29-44(35,22-55-29)60-24(2)48)36-34(31(23)42(45,6)7)57-30(21-47)58-36;1-2-7-11(6-1)8-9-4-3-5-10-9;1-2;;;/h9-14,18-21,35-39,41-46,59-60,64H,15-17,22-30H2,1-8H3,(H,55,63);9-18,21,27-30,32-37,49-50,54H,19-20,22H2,1-8H3,(H,46,53);9-10H,1-8H2;2H,1H3;2*1H4;1H/t35-,36-,37-,38?,39?,41-,42+,43+,44-,45+,46-,52+,53-,54+;27-,28-,29?,30?,32-,33+,34+,35-,36+,37-,43+,44-,45+;9-;;;;/m000..../s1. The van der Waals surface area contributed by atoms with Crippen LogP contribution in [0, 0.1) is 33.5 Å². The fraction of sp³-hybridized carbons (Fsp3) is 0.667. The van der Waals surface area contributed by atoms with E-state index in [1.54, 1.807) is 185 Å². The van der Waals surface area contributed by atoms with Crippen LogP contribution in [0.15, 0.2) is 144 Å². The number of aldehydes is 1. The molecule has 2 amide bonds. The normalized spacial score (nSPS) is 35.0. The van der Waals surface area contributed by atoms with E-state index in [2.05, 4.69) is 30.7 Å². The first kappa shape index (κ1) is 115. The molecule has 4 unspecified atom stereocenters. The van der Waals surface area contributed by atoms with E-state index in [0.717, 1.165) is 52.2 Å². The Morgan fingerprint density at radius 3 is 1.29 bits per heavy atom. The Hall–Kier alpha value is -9.29. The maximum Gasteiger partial charge on any atom is 0.408 e. The van der Waals surface area contributed by atoms with Crippen molar-refractivity contribution < 1.29 is 147 Å². The molecule has 8 heterocycles. The third-order valence-electron chi connectivity index (χ3n) is 33.1. The van der Waals surface area contributed by atoms with E-state index in [9.17, 15) is 73.8 Å². The summed E-state index contributed by atoms with van der Waals surface area (Å²) in [5.41, 5.74) is -12.5. The molecule has 28 atom stereocenters. The van der Waals surface area contributed by atoms with Crippen LogP contribution in [0.3, 0.4) is 0 Å². The number of ether oxygens (including phenoxy) is 14. The number of likely N-dealkylation sites (tertiary alicyclic amines) is 3. The lowest BCUT2D eigenvalue weighted by Gasteiger charge is -2.68. The molecule has 6 aliphatic carbocycles. The van der Waals surface area contributed by atoms with Gasteiger partial charge in [-0.2, -0.15) is 0 Å². The predicted octanol–water partition coefficient (Wildman–Crippen LogP) is 10.6. The summed E-state index contributed by atoms with van der Waals surface area (Å²) in [4.78, 5) is 131. The van der Waals surface area contributed by atoms with Crippen LogP contribution in [0.4, 0.5) is 9.59 Å². The number of carbonyl (C=O) groups is 9. The minimum Gasteiger partial charge on any atom is -0.456 e. The smallest absolute Gasteiger partial charge is 0.408 e. The van der Waals surface area contributed by atoms with E-state index in [1.165, 1.54) is 90.7 Å². The zero-order chi connectivity index (χ0) is 105. The number of amides is 2. The van der Waals surface area contributed by atoms with Gasteiger partial charge in [-0.1, -0.05) is 153 Å². The molecule has 8 saturated heterocycles. The average Bonchev–Trinajstić information content (AvgIpc) is 1.15. The van der Waals surface area contributed by atoms with Crippen molar-refractivity contribution in [3.63, 3.8) is 0 Å². The minimum absolute atomic E-state index is 0. The summed E-state index contributed by atoms with van der Waals surface area (Å²) < 4.78 is 88.5. The molecule has 0 spiro atoms. The third kappa shape index (κ3) is 22.5. The number of hydrogen-bond acceptors (Lipinski definition) is 34. The Balaban J connectivity index is 0.000000231. The first-order valence-electron chi connectivity index (χ1n) is 51.3. The number of benzene rings is 4. The zero-order valence-electron chi connectivity index (χ0n) is 86.5. The van der Waals surface area contributed by atoms with Gasteiger partial charge in [-0.05, 0) is 204 Å². The molecule has 18 rings (SSSR count). The van der Waals surface area contributed by atoms with Crippen molar-refractivity contribution in [1.29, 1.82) is 0 Å². The van der Waals surface area contributed by atoms with Crippen LogP contribution < -0.4 is 16.0 Å². The third-order valence-corrected chi connectivity index (χ3v) is 33.1. The highest BCUT2D eigenvalue weighted by Gasteiger charge is 2.82. The van der Waals surface area contributed by atoms with Gasteiger partial charge in [0.1, 0.15) is 71.2 Å². The van der Waals surface area contributed by atoms with Gasteiger partial charge in [-0.3, -0.25) is 19.3 Å². The monoisotopic (exact) mass is 2060 g/mol. The summed E-state index contributed by atoms with van der Waals surface area (Å²) in [5.74, 6) is -7.78. The van der Waals surface area contributed by atoms with E-state index < -0.39 is 232 Å². The van der Waals surface area contributed by atoms with Gasteiger partial charge < -0.3 is 128 Å². The second kappa shape index (κ2) is 45.7. The van der Waals surface area contributed by atoms with E-state index >= 15 is 0 Å². The highest BCUT2D eigenvalue weighted by Crippen LogP contribution is 2.70. The Kier molecular flexibility index (Phi) is 35.7. The van der Waals surface area contributed by atoms with Crippen molar-refractivity contribution in [1.82, 2.24) is 30.7 Å². The van der Waals surface area contributed by atoms with Crippen molar-refractivity contribution in [3.05, 3.63) is 166 Å². The molecule has 4 aromatic rings. The Labute approximate surface area is 864 Å². The Morgan fingerprint density at radius 2 is 0.912 bits per heavy atom. The first-order valence-corrected chi connectivity index (χ1v) is 51.3. The topological polar surface area (TPSA) is 470 Å². The van der Waals surface area contributed by atoms with Crippen LogP contribution in [-0.4, -0.2) is 328 Å². The minimum atomic E-state index is -2.25. The summed E-state index contributed by atoms with van der Waals surface area (Å²) >= 11 is 0. The van der Waals surface area contributed by atoms with Crippen LogP contribution in [0.5, 0.6) is 0 Å². The van der Waals surface area contributed by atoms with Crippen molar-refractivity contribution in [2.45, 2.75) is 358 Å². The highest BCUT2D eigenvalue weighted by atomic mass is 16.7.